The molecule has 1 aliphatic rings. The molecule has 42 heavy (non-hydrogen) atoms. The lowest BCUT2D eigenvalue weighted by Gasteiger charge is -2.29. The van der Waals surface area contributed by atoms with Gasteiger partial charge in [0.05, 0.1) is 30.4 Å². The van der Waals surface area contributed by atoms with Crippen molar-refractivity contribution in [3.63, 3.8) is 0 Å². The molecule has 0 saturated heterocycles. The molecule has 0 saturated carbocycles. The zero-order chi connectivity index (χ0) is 30.8. The molecule has 3 aromatic rings. The third-order valence-corrected chi connectivity index (χ3v) is 7.06. The molecule has 2 amide bonds. The second-order valence-electron chi connectivity index (χ2n) is 9.98. The van der Waals surface area contributed by atoms with Crippen LogP contribution in [-0.2, 0) is 13.0 Å². The molecular weight excluding hydrogens is 536 g/mol. The number of nitrogens with zero attached hydrogens (tertiary/aromatic N) is 2. The Hall–Kier alpha value is -4.44. The molecule has 1 heterocycles. The maximum absolute atomic E-state index is 13.1. The minimum absolute atomic E-state index is 0.0811. The maximum atomic E-state index is 13.1. The molecular formula is C32H40N4O6. The molecule has 4 rings (SSSR count). The van der Waals surface area contributed by atoms with E-state index in [2.05, 4.69) is 29.4 Å². The van der Waals surface area contributed by atoms with Crippen molar-refractivity contribution in [3.05, 3.63) is 92.5 Å². The molecule has 0 unspecified atom stereocenters. The first-order valence-electron chi connectivity index (χ1n) is 14.1. The molecule has 0 spiro atoms. The number of anilines is 1. The van der Waals surface area contributed by atoms with Gasteiger partial charge in [0.2, 0.25) is 0 Å². The van der Waals surface area contributed by atoms with Crippen molar-refractivity contribution in [1.29, 1.82) is 0 Å². The van der Waals surface area contributed by atoms with Crippen LogP contribution < -0.4 is 20.1 Å². The van der Waals surface area contributed by atoms with E-state index in [1.54, 1.807) is 26.4 Å². The molecule has 224 valence electrons. The van der Waals surface area contributed by atoms with E-state index in [0.29, 0.717) is 42.6 Å². The van der Waals surface area contributed by atoms with Crippen LogP contribution in [0.3, 0.4) is 0 Å². The Morgan fingerprint density at radius 1 is 0.952 bits per heavy atom. The highest BCUT2D eigenvalue weighted by molar-refractivity contribution is 6.09. The maximum Gasteiger partial charge on any atom is 0.271 e. The summed E-state index contributed by atoms with van der Waals surface area (Å²) in [6.07, 6.45) is 0.848. The summed E-state index contributed by atoms with van der Waals surface area (Å²) < 4.78 is 10.8. The van der Waals surface area contributed by atoms with Crippen molar-refractivity contribution >= 4 is 23.2 Å². The average Bonchev–Trinajstić information content (AvgIpc) is 3.01. The van der Waals surface area contributed by atoms with Gasteiger partial charge in [0.15, 0.2) is 11.5 Å². The topological polar surface area (TPSA) is 123 Å². The lowest BCUT2D eigenvalue weighted by Crippen LogP contribution is -2.38. The molecule has 10 heteroatoms. The Labute approximate surface area is 247 Å². The number of fused-ring (bicyclic) bond motifs is 1. The standard InChI is InChI=1S/C30H34N4O6.C2H6/c1-19(2)20-5-7-21(8-6-20)29(35)32-26-17-24(34(37)38)9-10-25(26)30(36)31-12-14-33-13-11-22-15-27(39-3)28(40-4)16-23(22)18-33;1-2/h5-10,15-17,19H,11-14,18H2,1-4H3,(H,31,36)(H,32,35);1-2H3. The summed E-state index contributed by atoms with van der Waals surface area (Å²) in [5, 5.41) is 16.9. The summed E-state index contributed by atoms with van der Waals surface area (Å²) in [5.41, 5.74) is 3.85. The Balaban J connectivity index is 0.00000237. The van der Waals surface area contributed by atoms with Gasteiger partial charge in [-0.15, -0.1) is 0 Å². The number of hydrogen-bond donors (Lipinski definition) is 2. The zero-order valence-corrected chi connectivity index (χ0v) is 25.2. The minimum atomic E-state index is -0.562. The van der Waals surface area contributed by atoms with Crippen LogP contribution in [-0.4, -0.2) is 55.5 Å². The van der Waals surface area contributed by atoms with E-state index < -0.39 is 16.7 Å². The second kappa shape index (κ2) is 15.0. The summed E-state index contributed by atoms with van der Waals surface area (Å²) >= 11 is 0. The van der Waals surface area contributed by atoms with Crippen molar-refractivity contribution in [1.82, 2.24) is 10.2 Å². The first kappa shape index (κ1) is 32.1. The number of ether oxygens (including phenoxy) is 2. The largest absolute Gasteiger partial charge is 0.493 e. The third-order valence-electron chi connectivity index (χ3n) is 7.06. The molecule has 10 nitrogen and oxygen atoms in total. The average molecular weight is 577 g/mol. The highest BCUT2D eigenvalue weighted by atomic mass is 16.6. The third kappa shape index (κ3) is 7.85. The van der Waals surface area contributed by atoms with Crippen LogP contribution in [0.15, 0.2) is 54.6 Å². The molecule has 0 fully saturated rings. The number of carbonyl (C=O) groups is 2. The number of nitrogens with one attached hydrogen (secondary N) is 2. The Morgan fingerprint density at radius 3 is 2.19 bits per heavy atom. The number of amides is 2. The van der Waals surface area contributed by atoms with Gasteiger partial charge in [0.25, 0.3) is 17.5 Å². The first-order valence-corrected chi connectivity index (χ1v) is 14.1. The number of carbonyl (C=O) groups excluding carboxylic acids is 2. The van der Waals surface area contributed by atoms with Crippen LogP contribution >= 0.6 is 0 Å². The zero-order valence-electron chi connectivity index (χ0n) is 25.2. The van der Waals surface area contributed by atoms with Gasteiger partial charge in [-0.3, -0.25) is 24.6 Å². The van der Waals surface area contributed by atoms with Crippen molar-refractivity contribution in [3.8, 4) is 11.5 Å². The van der Waals surface area contributed by atoms with E-state index >= 15 is 0 Å². The summed E-state index contributed by atoms with van der Waals surface area (Å²) in [5.74, 6) is 0.823. The van der Waals surface area contributed by atoms with Gasteiger partial charge in [-0.2, -0.15) is 0 Å². The normalized spacial score (nSPS) is 12.5. The Bertz CT molecular complexity index is 1400. The van der Waals surface area contributed by atoms with Crippen molar-refractivity contribution in [2.45, 2.75) is 46.6 Å². The summed E-state index contributed by atoms with van der Waals surface area (Å²) in [6, 6.07) is 15.0. The van der Waals surface area contributed by atoms with E-state index in [1.807, 2.05) is 38.1 Å². The number of benzene rings is 3. The van der Waals surface area contributed by atoms with Crippen LogP contribution in [0.2, 0.25) is 0 Å². The highest BCUT2D eigenvalue weighted by Crippen LogP contribution is 2.33. The molecule has 0 aromatic heterocycles. The van der Waals surface area contributed by atoms with Crippen LogP contribution in [0.1, 0.15) is 71.0 Å². The van der Waals surface area contributed by atoms with E-state index in [4.69, 9.17) is 9.47 Å². The number of methoxy groups -OCH3 is 2. The van der Waals surface area contributed by atoms with Crippen molar-refractivity contribution in [2.75, 3.05) is 39.2 Å². The van der Waals surface area contributed by atoms with E-state index in [0.717, 1.165) is 24.1 Å². The van der Waals surface area contributed by atoms with Gasteiger partial charge < -0.3 is 20.1 Å². The summed E-state index contributed by atoms with van der Waals surface area (Å²) in [4.78, 5) is 39.1. The molecule has 0 atom stereocenters. The fraction of sp³-hybridized carbons (Fsp3) is 0.375. The van der Waals surface area contributed by atoms with Crippen LogP contribution in [0.5, 0.6) is 11.5 Å². The predicted molar refractivity (Wildman–Crippen MR) is 164 cm³/mol. The number of nitro benzene ring substituents is 1. The smallest absolute Gasteiger partial charge is 0.271 e. The van der Waals surface area contributed by atoms with E-state index in [1.165, 1.54) is 23.8 Å². The van der Waals surface area contributed by atoms with Gasteiger partial charge in [-0.25, -0.2) is 0 Å². The fourth-order valence-electron chi connectivity index (χ4n) is 4.72. The van der Waals surface area contributed by atoms with Crippen LogP contribution in [0, 0.1) is 10.1 Å². The SMILES string of the molecule is CC.COc1cc2c(cc1OC)CN(CCNC(=O)c1ccc([N+](=O)[O-])cc1NC(=O)c1ccc(C(C)C)cc1)CC2. The molecule has 2 N–H and O–H groups in total. The monoisotopic (exact) mass is 576 g/mol. The van der Waals surface area contributed by atoms with E-state index in [9.17, 15) is 19.7 Å². The molecule has 0 aliphatic carbocycles. The quantitative estimate of drug-likeness (QED) is 0.231. The number of non-ortho nitro benzene ring substituents is 1. The Morgan fingerprint density at radius 2 is 1.60 bits per heavy atom. The van der Waals surface area contributed by atoms with E-state index in [-0.39, 0.29) is 16.9 Å². The lowest BCUT2D eigenvalue weighted by molar-refractivity contribution is -0.384. The van der Waals surface area contributed by atoms with Crippen LogP contribution in [0.4, 0.5) is 11.4 Å². The van der Waals surface area contributed by atoms with Crippen molar-refractivity contribution < 1.29 is 24.0 Å². The van der Waals surface area contributed by atoms with Gasteiger partial charge in [-0.05, 0) is 59.4 Å². The highest BCUT2D eigenvalue weighted by Gasteiger charge is 2.21. The molecule has 0 radical (unpaired) electrons. The Kier molecular flexibility index (Phi) is 11.4. The first-order chi connectivity index (χ1) is 20.2. The van der Waals surface area contributed by atoms with Gasteiger partial charge in [0, 0.05) is 43.9 Å². The molecule has 0 bridgehead atoms. The predicted octanol–water partition coefficient (Wildman–Crippen LogP) is 5.80. The minimum Gasteiger partial charge on any atom is -0.493 e. The van der Waals surface area contributed by atoms with Gasteiger partial charge in [-0.1, -0.05) is 39.8 Å². The number of rotatable bonds is 10. The van der Waals surface area contributed by atoms with Gasteiger partial charge in [0.1, 0.15) is 0 Å². The lowest BCUT2D eigenvalue weighted by atomic mass is 9.99. The summed E-state index contributed by atoms with van der Waals surface area (Å²) in [6.45, 7) is 10.6. The van der Waals surface area contributed by atoms with Crippen molar-refractivity contribution in [2.24, 2.45) is 0 Å². The molecule has 3 aromatic carbocycles. The summed E-state index contributed by atoms with van der Waals surface area (Å²) in [7, 11) is 3.23. The van der Waals surface area contributed by atoms with Gasteiger partial charge >= 0.3 is 0 Å². The van der Waals surface area contributed by atoms with Crippen LogP contribution in [0.25, 0.3) is 0 Å². The number of hydrogen-bond acceptors (Lipinski definition) is 7. The second-order valence-corrected chi connectivity index (χ2v) is 9.98. The molecule has 1 aliphatic heterocycles. The fourth-order valence-corrected chi connectivity index (χ4v) is 4.72. The number of nitro groups is 1.